The fourth-order valence-corrected chi connectivity index (χ4v) is 1.34. The molecule has 1 heterocycles. The molecule has 1 aliphatic heterocycles. The van der Waals surface area contributed by atoms with Gasteiger partial charge in [-0.25, -0.2) is 18.4 Å². The molecule has 17 heavy (non-hydrogen) atoms. The number of carboxylic acids is 1. The van der Waals surface area contributed by atoms with Gasteiger partial charge in [-0.3, -0.25) is 9.69 Å². The van der Waals surface area contributed by atoms with Crippen LogP contribution < -0.4 is 10.6 Å². The fourth-order valence-electron chi connectivity index (χ4n) is 1.34. The van der Waals surface area contributed by atoms with Gasteiger partial charge in [-0.15, -0.1) is 0 Å². The molecule has 7 nitrogen and oxygen atoms in total. The van der Waals surface area contributed by atoms with Gasteiger partial charge in [0.2, 0.25) is 5.91 Å². The van der Waals surface area contributed by atoms with Gasteiger partial charge in [0.15, 0.2) is 0 Å². The first kappa shape index (κ1) is 13.1. The van der Waals surface area contributed by atoms with Crippen LogP contribution in [-0.2, 0) is 9.59 Å². The predicted molar refractivity (Wildman–Crippen MR) is 50.5 cm³/mol. The molecule has 3 amide bonds. The zero-order valence-corrected chi connectivity index (χ0v) is 8.65. The van der Waals surface area contributed by atoms with Gasteiger partial charge >= 0.3 is 12.0 Å². The number of hydrogen-bond acceptors (Lipinski definition) is 3. The number of aliphatic carboxylic acids is 1. The van der Waals surface area contributed by atoms with E-state index in [0.717, 1.165) is 0 Å². The van der Waals surface area contributed by atoms with Crippen LogP contribution in [0.3, 0.4) is 0 Å². The molecule has 1 aliphatic rings. The summed E-state index contributed by atoms with van der Waals surface area (Å²) in [6, 6.07) is -2.24. The van der Waals surface area contributed by atoms with Crippen LogP contribution in [0.1, 0.15) is 0 Å². The van der Waals surface area contributed by atoms with E-state index in [-0.39, 0.29) is 6.54 Å². The minimum Gasteiger partial charge on any atom is -0.480 e. The number of rotatable bonds is 3. The monoisotopic (exact) mass is 251 g/mol. The SMILES string of the molecule is O=C1CN(C(=O)NCC(F)F)C(C(=O)O)CN1. The highest BCUT2D eigenvalue weighted by Crippen LogP contribution is 2.05. The summed E-state index contributed by atoms with van der Waals surface area (Å²) in [4.78, 5) is 33.9. The molecule has 9 heteroatoms. The number of amides is 3. The van der Waals surface area contributed by atoms with Gasteiger partial charge in [0.25, 0.3) is 6.43 Å². The Morgan fingerprint density at radius 2 is 2.24 bits per heavy atom. The first-order valence-corrected chi connectivity index (χ1v) is 4.74. The largest absolute Gasteiger partial charge is 0.480 e. The van der Waals surface area contributed by atoms with Crippen LogP contribution in [0.4, 0.5) is 13.6 Å². The minimum absolute atomic E-state index is 0.240. The molecule has 0 aromatic heterocycles. The fraction of sp³-hybridized carbons (Fsp3) is 0.625. The third kappa shape index (κ3) is 3.54. The summed E-state index contributed by atoms with van der Waals surface area (Å²) >= 11 is 0. The summed E-state index contributed by atoms with van der Waals surface area (Å²) in [7, 11) is 0. The Labute approximate surface area is 94.8 Å². The average Bonchev–Trinajstić information content (AvgIpc) is 2.25. The molecule has 1 fully saturated rings. The topological polar surface area (TPSA) is 98.7 Å². The second-order valence-corrected chi connectivity index (χ2v) is 3.36. The van der Waals surface area contributed by atoms with Gasteiger partial charge < -0.3 is 15.7 Å². The summed E-state index contributed by atoms with van der Waals surface area (Å²) < 4.78 is 23.7. The number of carbonyl (C=O) groups is 3. The van der Waals surface area contributed by atoms with Crippen LogP contribution in [-0.4, -0.2) is 60.0 Å². The second kappa shape index (κ2) is 5.41. The predicted octanol–water partition coefficient (Wildman–Crippen LogP) is -1.15. The molecule has 0 aliphatic carbocycles. The van der Waals surface area contributed by atoms with Crippen LogP contribution in [0.2, 0.25) is 0 Å². The first-order chi connectivity index (χ1) is 7.91. The van der Waals surface area contributed by atoms with E-state index in [1.54, 1.807) is 0 Å². The molecular formula is C8H11F2N3O4. The lowest BCUT2D eigenvalue weighted by atomic mass is 10.2. The molecule has 96 valence electrons. The van der Waals surface area contributed by atoms with Crippen molar-refractivity contribution in [1.29, 1.82) is 0 Å². The number of halogens is 2. The summed E-state index contributed by atoms with van der Waals surface area (Å²) in [5.74, 6) is -1.84. The molecule has 0 aromatic rings. The first-order valence-electron chi connectivity index (χ1n) is 4.74. The van der Waals surface area contributed by atoms with Crippen molar-refractivity contribution in [2.75, 3.05) is 19.6 Å². The number of piperazine rings is 1. The number of alkyl halides is 2. The third-order valence-corrected chi connectivity index (χ3v) is 2.14. The molecule has 1 atom stereocenters. The summed E-state index contributed by atoms with van der Waals surface area (Å²) in [5.41, 5.74) is 0. The molecule has 0 spiro atoms. The highest BCUT2D eigenvalue weighted by molar-refractivity contribution is 5.90. The summed E-state index contributed by atoms with van der Waals surface area (Å²) in [6.45, 7) is -1.59. The van der Waals surface area contributed by atoms with Crippen LogP contribution in [0.25, 0.3) is 0 Å². The van der Waals surface area contributed by atoms with E-state index >= 15 is 0 Å². The molecule has 0 aromatic carbocycles. The van der Waals surface area contributed by atoms with Crippen molar-refractivity contribution in [2.45, 2.75) is 12.5 Å². The number of hydrogen-bond donors (Lipinski definition) is 3. The third-order valence-electron chi connectivity index (χ3n) is 2.14. The van der Waals surface area contributed by atoms with Gasteiger partial charge in [-0.2, -0.15) is 0 Å². The smallest absolute Gasteiger partial charge is 0.328 e. The van der Waals surface area contributed by atoms with Gasteiger partial charge in [-0.05, 0) is 0 Å². The number of nitrogens with zero attached hydrogens (tertiary/aromatic N) is 1. The van der Waals surface area contributed by atoms with Gasteiger partial charge in [0, 0.05) is 6.54 Å². The second-order valence-electron chi connectivity index (χ2n) is 3.36. The lowest BCUT2D eigenvalue weighted by Gasteiger charge is -2.32. The van der Waals surface area contributed by atoms with E-state index in [0.29, 0.717) is 4.90 Å². The molecule has 3 N–H and O–H groups in total. The highest BCUT2D eigenvalue weighted by Gasteiger charge is 2.35. The number of nitrogens with one attached hydrogen (secondary N) is 2. The van der Waals surface area contributed by atoms with Gasteiger partial charge in [0.1, 0.15) is 12.6 Å². The number of carbonyl (C=O) groups excluding carboxylic acids is 2. The molecule has 0 saturated carbocycles. The molecule has 1 saturated heterocycles. The van der Waals surface area contributed by atoms with Crippen LogP contribution in [0.15, 0.2) is 0 Å². The summed E-state index contributed by atoms with van der Waals surface area (Å²) in [5, 5.41) is 12.9. The maximum Gasteiger partial charge on any atom is 0.328 e. The van der Waals surface area contributed by atoms with Crippen molar-refractivity contribution in [3.8, 4) is 0 Å². The van der Waals surface area contributed by atoms with Crippen LogP contribution >= 0.6 is 0 Å². The minimum atomic E-state index is -2.74. The average molecular weight is 251 g/mol. The van der Waals surface area contributed by atoms with Crippen LogP contribution in [0.5, 0.6) is 0 Å². The van der Waals surface area contributed by atoms with Crippen molar-refractivity contribution >= 4 is 17.9 Å². The van der Waals surface area contributed by atoms with Gasteiger partial charge in [0.05, 0.1) is 6.54 Å². The molecule has 0 bridgehead atoms. The van der Waals surface area contributed by atoms with Crippen molar-refractivity contribution in [1.82, 2.24) is 15.5 Å². The lowest BCUT2D eigenvalue weighted by Crippen LogP contribution is -2.61. The summed E-state index contributed by atoms with van der Waals surface area (Å²) in [6.07, 6.45) is -2.74. The van der Waals surface area contributed by atoms with E-state index in [2.05, 4.69) is 5.32 Å². The Morgan fingerprint density at radius 3 is 2.76 bits per heavy atom. The maximum absolute atomic E-state index is 11.9. The normalized spacial score (nSPS) is 20.1. The Morgan fingerprint density at radius 1 is 1.59 bits per heavy atom. The van der Waals surface area contributed by atoms with E-state index in [1.807, 2.05) is 5.32 Å². The van der Waals surface area contributed by atoms with E-state index in [4.69, 9.17) is 5.11 Å². The Balaban J connectivity index is 2.65. The quantitative estimate of drug-likeness (QED) is 0.589. The van der Waals surface area contributed by atoms with Crippen molar-refractivity contribution in [3.63, 3.8) is 0 Å². The highest BCUT2D eigenvalue weighted by atomic mass is 19.3. The molecule has 1 unspecified atom stereocenters. The standard InChI is InChI=1S/C8H11F2N3O4/c9-5(10)2-12-8(17)13-3-6(14)11-1-4(13)7(15)16/h4-5H,1-3H2,(H,11,14)(H,12,17)(H,15,16). The molecule has 1 rings (SSSR count). The van der Waals surface area contributed by atoms with Gasteiger partial charge in [-0.1, -0.05) is 0 Å². The zero-order chi connectivity index (χ0) is 13.0. The molecular weight excluding hydrogens is 240 g/mol. The van der Waals surface area contributed by atoms with Crippen molar-refractivity contribution in [3.05, 3.63) is 0 Å². The maximum atomic E-state index is 11.9. The Kier molecular flexibility index (Phi) is 4.18. The number of urea groups is 1. The van der Waals surface area contributed by atoms with Crippen molar-refractivity contribution in [2.24, 2.45) is 0 Å². The lowest BCUT2D eigenvalue weighted by molar-refractivity contribution is -0.144. The number of carboxylic acid groups (broad SMARTS) is 1. The van der Waals surface area contributed by atoms with E-state index in [9.17, 15) is 23.2 Å². The van der Waals surface area contributed by atoms with Crippen LogP contribution in [0, 0.1) is 0 Å². The van der Waals surface area contributed by atoms with E-state index < -0.39 is 43.5 Å². The van der Waals surface area contributed by atoms with Crippen molar-refractivity contribution < 1.29 is 28.3 Å². The zero-order valence-electron chi connectivity index (χ0n) is 8.65. The molecule has 0 radical (unpaired) electrons. The van der Waals surface area contributed by atoms with E-state index in [1.165, 1.54) is 0 Å². The Bertz CT molecular complexity index is 337. The Hall–Kier alpha value is -1.93.